The van der Waals surface area contributed by atoms with Crippen molar-refractivity contribution >= 4 is 33.0 Å². The molecule has 0 fully saturated rings. The van der Waals surface area contributed by atoms with E-state index in [4.69, 9.17) is 5.11 Å². The Hall–Kier alpha value is -2.00. The average molecular weight is 302 g/mol. The Morgan fingerprint density at radius 3 is 2.79 bits per heavy atom. The molecule has 100 valence electrons. The molecule has 0 bridgehead atoms. The maximum atomic E-state index is 13.0. The van der Waals surface area contributed by atoms with Crippen LogP contribution < -0.4 is 4.72 Å². The molecule has 0 unspecified atom stereocenters. The summed E-state index contributed by atoms with van der Waals surface area (Å²) in [5.41, 5.74) is 0.558. The van der Waals surface area contributed by atoms with Gasteiger partial charge in [0.15, 0.2) is 9.90 Å². The van der Waals surface area contributed by atoms with Crippen LogP contribution >= 0.6 is 11.3 Å². The third-order valence-corrected chi connectivity index (χ3v) is 4.81. The zero-order valence-corrected chi connectivity index (χ0v) is 10.8. The SMILES string of the molecule is O=C(O)c1ncsc1S(=O)(=O)Nc1cccc(F)c1. The molecule has 0 aliphatic heterocycles. The summed E-state index contributed by atoms with van der Waals surface area (Å²) in [6.45, 7) is 0. The van der Waals surface area contributed by atoms with Gasteiger partial charge in [-0.1, -0.05) is 6.07 Å². The molecule has 19 heavy (non-hydrogen) atoms. The minimum atomic E-state index is -4.10. The molecule has 0 radical (unpaired) electrons. The summed E-state index contributed by atoms with van der Waals surface area (Å²) in [5.74, 6) is -2.05. The van der Waals surface area contributed by atoms with E-state index in [0.717, 1.165) is 17.6 Å². The fourth-order valence-electron chi connectivity index (χ4n) is 1.32. The highest BCUT2D eigenvalue weighted by Crippen LogP contribution is 2.23. The lowest BCUT2D eigenvalue weighted by molar-refractivity contribution is 0.0687. The van der Waals surface area contributed by atoms with E-state index in [0.29, 0.717) is 11.3 Å². The molecular formula is C10H7FN2O4S2. The number of sulfonamides is 1. The van der Waals surface area contributed by atoms with Crippen LogP contribution in [0.15, 0.2) is 34.0 Å². The number of carbonyl (C=O) groups is 1. The number of hydrogen-bond donors (Lipinski definition) is 2. The molecule has 0 spiro atoms. The fourth-order valence-corrected chi connectivity index (χ4v) is 3.51. The summed E-state index contributed by atoms with van der Waals surface area (Å²) in [5, 5.41) is 8.82. The normalized spacial score (nSPS) is 11.2. The summed E-state index contributed by atoms with van der Waals surface area (Å²) >= 11 is 0.672. The number of carboxylic acids is 1. The lowest BCUT2D eigenvalue weighted by Crippen LogP contribution is -2.15. The maximum Gasteiger partial charge on any atom is 0.356 e. The first kappa shape index (κ1) is 13.4. The summed E-state index contributed by atoms with van der Waals surface area (Å²) in [4.78, 5) is 14.3. The van der Waals surface area contributed by atoms with E-state index in [-0.39, 0.29) is 5.69 Å². The van der Waals surface area contributed by atoms with Crippen LogP contribution in [-0.4, -0.2) is 24.5 Å². The summed E-state index contributed by atoms with van der Waals surface area (Å²) in [6, 6.07) is 4.83. The van der Waals surface area contributed by atoms with E-state index < -0.39 is 31.7 Å². The smallest absolute Gasteiger partial charge is 0.356 e. The molecule has 0 aliphatic rings. The molecule has 2 rings (SSSR count). The van der Waals surface area contributed by atoms with E-state index in [9.17, 15) is 17.6 Å². The van der Waals surface area contributed by atoms with E-state index in [1.807, 2.05) is 0 Å². The Labute approximate surface area is 111 Å². The van der Waals surface area contributed by atoms with Gasteiger partial charge in [0.2, 0.25) is 0 Å². The van der Waals surface area contributed by atoms with Crippen LogP contribution in [0.3, 0.4) is 0 Å². The predicted molar refractivity (Wildman–Crippen MR) is 66.3 cm³/mol. The average Bonchev–Trinajstić information content (AvgIpc) is 2.77. The van der Waals surface area contributed by atoms with E-state index in [2.05, 4.69) is 9.71 Å². The summed E-state index contributed by atoms with van der Waals surface area (Å²) in [6.07, 6.45) is 0. The second-order valence-corrected chi connectivity index (χ2v) is 6.14. The molecule has 9 heteroatoms. The molecule has 2 N–H and O–H groups in total. The molecule has 1 heterocycles. The van der Waals surface area contributed by atoms with Crippen LogP contribution in [0.25, 0.3) is 0 Å². The molecule has 2 aromatic rings. The lowest BCUT2D eigenvalue weighted by Gasteiger charge is -2.06. The van der Waals surface area contributed by atoms with Crippen LogP contribution in [0.5, 0.6) is 0 Å². The van der Waals surface area contributed by atoms with Crippen molar-refractivity contribution in [3.05, 3.63) is 41.3 Å². The number of thiazole rings is 1. The van der Waals surface area contributed by atoms with Crippen LogP contribution in [-0.2, 0) is 10.0 Å². The number of aromatic carboxylic acids is 1. The highest BCUT2D eigenvalue weighted by molar-refractivity contribution is 7.94. The first-order valence-electron chi connectivity index (χ1n) is 4.85. The van der Waals surface area contributed by atoms with Crippen molar-refractivity contribution in [1.82, 2.24) is 4.98 Å². The number of hydrogen-bond acceptors (Lipinski definition) is 5. The predicted octanol–water partition coefficient (Wildman–Crippen LogP) is 1.78. The number of carboxylic acid groups (broad SMARTS) is 1. The fraction of sp³-hybridized carbons (Fsp3) is 0. The van der Waals surface area contributed by atoms with Gasteiger partial charge in [-0.15, -0.1) is 11.3 Å². The molecule has 6 nitrogen and oxygen atoms in total. The number of aromatic nitrogens is 1. The Bertz CT molecular complexity index is 727. The number of halogens is 1. The Kier molecular flexibility index (Phi) is 3.49. The van der Waals surface area contributed by atoms with Crippen molar-refractivity contribution < 1.29 is 22.7 Å². The van der Waals surface area contributed by atoms with Gasteiger partial charge in [0.05, 0.1) is 11.2 Å². The van der Waals surface area contributed by atoms with Crippen molar-refractivity contribution in [3.63, 3.8) is 0 Å². The second kappa shape index (κ2) is 4.94. The van der Waals surface area contributed by atoms with E-state index in [1.165, 1.54) is 12.1 Å². The first-order valence-corrected chi connectivity index (χ1v) is 7.21. The molecule has 0 saturated heterocycles. The molecule has 0 saturated carbocycles. The molecule has 0 atom stereocenters. The minimum Gasteiger partial charge on any atom is -0.476 e. The number of nitrogens with zero attached hydrogens (tertiary/aromatic N) is 1. The van der Waals surface area contributed by atoms with Gasteiger partial charge in [0, 0.05) is 0 Å². The van der Waals surface area contributed by atoms with Gasteiger partial charge < -0.3 is 5.11 Å². The van der Waals surface area contributed by atoms with Crippen LogP contribution in [0.2, 0.25) is 0 Å². The third kappa shape index (κ3) is 2.88. The van der Waals surface area contributed by atoms with Crippen molar-refractivity contribution in [1.29, 1.82) is 0 Å². The topological polar surface area (TPSA) is 96.4 Å². The summed E-state index contributed by atoms with van der Waals surface area (Å²) in [7, 11) is -4.10. The van der Waals surface area contributed by atoms with E-state index >= 15 is 0 Å². The largest absolute Gasteiger partial charge is 0.476 e. The molecule has 0 amide bonds. The minimum absolute atomic E-state index is 0.00439. The highest BCUT2D eigenvalue weighted by Gasteiger charge is 2.25. The van der Waals surface area contributed by atoms with Gasteiger partial charge in [-0.3, -0.25) is 4.72 Å². The quantitative estimate of drug-likeness (QED) is 0.897. The summed E-state index contributed by atoms with van der Waals surface area (Å²) < 4.78 is 38.6. The van der Waals surface area contributed by atoms with Crippen molar-refractivity contribution in [2.75, 3.05) is 4.72 Å². The number of benzene rings is 1. The number of anilines is 1. The lowest BCUT2D eigenvalue weighted by atomic mass is 10.3. The number of nitrogens with one attached hydrogen (secondary N) is 1. The highest BCUT2D eigenvalue weighted by atomic mass is 32.2. The molecular weight excluding hydrogens is 295 g/mol. The third-order valence-electron chi connectivity index (χ3n) is 2.06. The van der Waals surface area contributed by atoms with Crippen LogP contribution in [0.1, 0.15) is 10.5 Å². The molecule has 0 aliphatic carbocycles. The number of rotatable bonds is 4. The zero-order valence-electron chi connectivity index (χ0n) is 9.20. The van der Waals surface area contributed by atoms with Gasteiger partial charge in [-0.25, -0.2) is 22.6 Å². The molecule has 1 aromatic heterocycles. The van der Waals surface area contributed by atoms with Gasteiger partial charge in [0.1, 0.15) is 5.82 Å². The standard InChI is InChI=1S/C10H7FN2O4S2/c11-6-2-1-3-7(4-6)13-19(16,17)10-8(9(14)15)12-5-18-10/h1-5,13H,(H,14,15). The van der Waals surface area contributed by atoms with Crippen LogP contribution in [0, 0.1) is 5.82 Å². The first-order chi connectivity index (χ1) is 8.90. The molecule has 1 aromatic carbocycles. The van der Waals surface area contributed by atoms with Gasteiger partial charge in [-0.2, -0.15) is 0 Å². The van der Waals surface area contributed by atoms with Gasteiger partial charge in [0.25, 0.3) is 10.0 Å². The Morgan fingerprint density at radius 1 is 1.42 bits per heavy atom. The maximum absolute atomic E-state index is 13.0. The van der Waals surface area contributed by atoms with Crippen molar-refractivity contribution in [3.8, 4) is 0 Å². The van der Waals surface area contributed by atoms with Crippen LogP contribution in [0.4, 0.5) is 10.1 Å². The Balaban J connectivity index is 2.38. The van der Waals surface area contributed by atoms with Gasteiger partial charge in [-0.05, 0) is 18.2 Å². The van der Waals surface area contributed by atoms with Crippen molar-refractivity contribution in [2.45, 2.75) is 4.21 Å². The zero-order chi connectivity index (χ0) is 14.0. The second-order valence-electron chi connectivity index (χ2n) is 3.41. The Morgan fingerprint density at radius 2 is 2.16 bits per heavy atom. The van der Waals surface area contributed by atoms with E-state index in [1.54, 1.807) is 0 Å². The van der Waals surface area contributed by atoms with Crippen molar-refractivity contribution in [2.24, 2.45) is 0 Å². The monoisotopic (exact) mass is 302 g/mol. The van der Waals surface area contributed by atoms with Gasteiger partial charge >= 0.3 is 5.97 Å².